The normalized spacial score (nSPS) is 18.7. The lowest BCUT2D eigenvalue weighted by Crippen LogP contribution is -2.51. The monoisotopic (exact) mass is 415 g/mol. The zero-order valence-electron chi connectivity index (χ0n) is 17.3. The van der Waals surface area contributed by atoms with Gasteiger partial charge < -0.3 is 15.5 Å². The van der Waals surface area contributed by atoms with Gasteiger partial charge in [0.15, 0.2) is 0 Å². The number of urea groups is 1. The molecule has 7 heteroatoms. The molecule has 160 valence electrons. The predicted molar refractivity (Wildman–Crippen MR) is 111 cm³/mol. The van der Waals surface area contributed by atoms with E-state index in [1.54, 1.807) is 42.2 Å². The lowest BCUT2D eigenvalue weighted by atomic mass is 9.83. The van der Waals surface area contributed by atoms with Crippen molar-refractivity contribution in [2.75, 3.05) is 19.6 Å². The topological polar surface area (TPSA) is 61.4 Å². The van der Waals surface area contributed by atoms with Crippen molar-refractivity contribution in [2.24, 2.45) is 5.92 Å². The fourth-order valence-electron chi connectivity index (χ4n) is 3.85. The Bertz CT molecular complexity index is 919. The molecule has 30 heavy (non-hydrogen) atoms. The molecular weight excluding hydrogens is 388 g/mol. The average Bonchev–Trinajstić information content (AvgIpc) is 2.74. The van der Waals surface area contributed by atoms with E-state index in [9.17, 15) is 18.4 Å². The number of benzene rings is 2. The van der Waals surface area contributed by atoms with Crippen LogP contribution < -0.4 is 10.6 Å². The first-order valence-electron chi connectivity index (χ1n) is 10.2. The van der Waals surface area contributed by atoms with Crippen molar-refractivity contribution >= 4 is 11.9 Å². The summed E-state index contributed by atoms with van der Waals surface area (Å²) in [5.41, 5.74) is 1.84. The minimum atomic E-state index is -0.441. The number of nitrogens with one attached hydrogen (secondary N) is 2. The van der Waals surface area contributed by atoms with Crippen LogP contribution in [0.3, 0.4) is 0 Å². The van der Waals surface area contributed by atoms with Crippen LogP contribution >= 0.6 is 0 Å². The zero-order chi connectivity index (χ0) is 21.7. The van der Waals surface area contributed by atoms with E-state index in [0.717, 1.165) is 5.56 Å². The summed E-state index contributed by atoms with van der Waals surface area (Å²) >= 11 is 0. The Morgan fingerprint density at radius 3 is 2.53 bits per heavy atom. The Morgan fingerprint density at radius 1 is 1.07 bits per heavy atom. The fourth-order valence-corrected chi connectivity index (χ4v) is 3.85. The fraction of sp³-hybridized carbons (Fsp3) is 0.391. The molecule has 1 saturated heterocycles. The van der Waals surface area contributed by atoms with Crippen LogP contribution in [-0.4, -0.2) is 36.5 Å². The average molecular weight is 415 g/mol. The molecule has 0 aliphatic carbocycles. The third kappa shape index (κ3) is 5.14. The molecule has 0 radical (unpaired) electrons. The highest BCUT2D eigenvalue weighted by molar-refractivity contribution is 5.81. The van der Waals surface area contributed by atoms with Gasteiger partial charge in [0.25, 0.3) is 0 Å². The van der Waals surface area contributed by atoms with Crippen LogP contribution in [0.1, 0.15) is 36.0 Å². The second-order valence-electron chi connectivity index (χ2n) is 7.69. The van der Waals surface area contributed by atoms with Gasteiger partial charge in [0.05, 0.1) is 5.92 Å². The van der Waals surface area contributed by atoms with Crippen molar-refractivity contribution < 1.29 is 18.4 Å². The molecular formula is C23H27F2N3O2. The number of nitrogens with zero attached hydrogens (tertiary/aromatic N) is 1. The molecule has 2 aromatic rings. The molecule has 1 aliphatic heterocycles. The first-order valence-corrected chi connectivity index (χ1v) is 10.2. The van der Waals surface area contributed by atoms with Crippen LogP contribution in [0.4, 0.5) is 13.6 Å². The number of rotatable bonds is 5. The number of piperidine rings is 1. The smallest absolute Gasteiger partial charge is 0.317 e. The molecule has 2 atom stereocenters. The van der Waals surface area contributed by atoms with Crippen LogP contribution in [-0.2, 0) is 11.3 Å². The second kappa shape index (κ2) is 9.69. The van der Waals surface area contributed by atoms with Gasteiger partial charge in [0.2, 0.25) is 5.91 Å². The summed E-state index contributed by atoms with van der Waals surface area (Å²) in [6.45, 7) is 4.84. The second-order valence-corrected chi connectivity index (χ2v) is 7.69. The predicted octanol–water partition coefficient (Wildman–Crippen LogP) is 3.72. The van der Waals surface area contributed by atoms with Crippen molar-refractivity contribution in [3.05, 3.63) is 70.8 Å². The molecule has 0 saturated carbocycles. The third-order valence-electron chi connectivity index (χ3n) is 5.50. The number of carbonyl (C=O) groups is 2. The van der Waals surface area contributed by atoms with E-state index in [1.165, 1.54) is 12.1 Å². The van der Waals surface area contributed by atoms with E-state index in [-0.39, 0.29) is 42.6 Å². The number of amides is 3. The molecule has 5 nitrogen and oxygen atoms in total. The molecule has 3 amide bonds. The number of aryl methyl sites for hydroxylation is 1. The summed E-state index contributed by atoms with van der Waals surface area (Å²) in [5.74, 6) is -1.41. The first-order chi connectivity index (χ1) is 14.4. The quantitative estimate of drug-likeness (QED) is 0.782. The summed E-state index contributed by atoms with van der Waals surface area (Å²) in [7, 11) is 0. The van der Waals surface area contributed by atoms with Crippen LogP contribution in [0.2, 0.25) is 0 Å². The van der Waals surface area contributed by atoms with Crippen molar-refractivity contribution in [3.63, 3.8) is 0 Å². The van der Waals surface area contributed by atoms with Gasteiger partial charge in [0.1, 0.15) is 11.6 Å². The largest absolute Gasteiger partial charge is 0.352 e. The van der Waals surface area contributed by atoms with Crippen molar-refractivity contribution in [2.45, 2.75) is 32.7 Å². The summed E-state index contributed by atoms with van der Waals surface area (Å²) in [5, 5.41) is 5.57. The van der Waals surface area contributed by atoms with Gasteiger partial charge in [-0.15, -0.1) is 0 Å². The molecule has 2 aromatic carbocycles. The van der Waals surface area contributed by atoms with Crippen molar-refractivity contribution in [3.8, 4) is 0 Å². The SMILES string of the molecule is CCNC(=O)N1C[C@H](C(=O)NCc2ccccc2F)C[C@H](c2ccc(F)c(C)c2)C1. The minimum absolute atomic E-state index is 0.0868. The van der Waals surface area contributed by atoms with E-state index in [2.05, 4.69) is 10.6 Å². The Balaban J connectivity index is 1.76. The lowest BCUT2D eigenvalue weighted by Gasteiger charge is -2.37. The van der Waals surface area contributed by atoms with Gasteiger partial charge in [-0.1, -0.05) is 30.3 Å². The number of hydrogen-bond donors (Lipinski definition) is 2. The van der Waals surface area contributed by atoms with Crippen LogP contribution in [0, 0.1) is 24.5 Å². The van der Waals surface area contributed by atoms with Gasteiger partial charge in [-0.25, -0.2) is 13.6 Å². The highest BCUT2D eigenvalue weighted by atomic mass is 19.1. The summed E-state index contributed by atoms with van der Waals surface area (Å²) < 4.78 is 27.5. The van der Waals surface area contributed by atoms with Gasteiger partial charge >= 0.3 is 6.03 Å². The minimum Gasteiger partial charge on any atom is -0.352 e. The number of likely N-dealkylation sites (tertiary alicyclic amines) is 1. The molecule has 0 bridgehead atoms. The van der Waals surface area contributed by atoms with E-state index in [4.69, 9.17) is 0 Å². The Hall–Kier alpha value is -2.96. The Labute approximate surface area is 175 Å². The number of halogens is 2. The van der Waals surface area contributed by atoms with Crippen LogP contribution in [0.5, 0.6) is 0 Å². The maximum Gasteiger partial charge on any atom is 0.317 e. The van der Waals surface area contributed by atoms with E-state index in [1.807, 2.05) is 6.92 Å². The van der Waals surface area contributed by atoms with Crippen molar-refractivity contribution in [1.82, 2.24) is 15.5 Å². The highest BCUT2D eigenvalue weighted by Crippen LogP contribution is 2.31. The lowest BCUT2D eigenvalue weighted by molar-refractivity contribution is -0.126. The maximum absolute atomic E-state index is 13.8. The number of hydrogen-bond acceptors (Lipinski definition) is 2. The van der Waals surface area contributed by atoms with Crippen LogP contribution in [0.25, 0.3) is 0 Å². The molecule has 1 aliphatic rings. The Morgan fingerprint density at radius 2 is 1.83 bits per heavy atom. The molecule has 0 unspecified atom stereocenters. The van der Waals surface area contributed by atoms with Gasteiger partial charge in [0, 0.05) is 37.7 Å². The van der Waals surface area contributed by atoms with Gasteiger partial charge in [-0.2, -0.15) is 0 Å². The zero-order valence-corrected chi connectivity index (χ0v) is 17.3. The highest BCUT2D eigenvalue weighted by Gasteiger charge is 2.34. The van der Waals surface area contributed by atoms with Gasteiger partial charge in [-0.05, 0) is 43.5 Å². The molecule has 3 rings (SSSR count). The van der Waals surface area contributed by atoms with Crippen LogP contribution in [0.15, 0.2) is 42.5 Å². The molecule has 0 aromatic heterocycles. The third-order valence-corrected chi connectivity index (χ3v) is 5.50. The van der Waals surface area contributed by atoms with E-state index >= 15 is 0 Å². The first kappa shape index (κ1) is 21.7. The van der Waals surface area contributed by atoms with E-state index in [0.29, 0.717) is 30.6 Å². The molecule has 1 fully saturated rings. The standard InChI is InChI=1S/C23H27F2N3O2/c1-3-26-23(30)28-13-18(16-8-9-20(24)15(2)10-16)11-19(14-28)22(29)27-12-17-6-4-5-7-21(17)25/h4-10,18-19H,3,11-14H2,1-2H3,(H,26,30)(H,27,29)/t18-,19+/m0/s1. The molecule has 0 spiro atoms. The maximum atomic E-state index is 13.8. The van der Waals surface area contributed by atoms with Crippen molar-refractivity contribution in [1.29, 1.82) is 0 Å². The van der Waals surface area contributed by atoms with Gasteiger partial charge in [-0.3, -0.25) is 4.79 Å². The molecule has 1 heterocycles. The molecule has 2 N–H and O–H groups in total. The summed E-state index contributed by atoms with van der Waals surface area (Å²) in [6.07, 6.45) is 0.532. The summed E-state index contributed by atoms with van der Waals surface area (Å²) in [4.78, 5) is 26.9. The summed E-state index contributed by atoms with van der Waals surface area (Å²) in [6, 6.07) is 11.0. The van der Waals surface area contributed by atoms with E-state index < -0.39 is 5.92 Å². The Kier molecular flexibility index (Phi) is 7.03. The number of carbonyl (C=O) groups excluding carboxylic acids is 2.